The van der Waals surface area contributed by atoms with Gasteiger partial charge in [0, 0.05) is 50.6 Å². The Balaban J connectivity index is 1.28. The van der Waals surface area contributed by atoms with Gasteiger partial charge in [0.05, 0.1) is 24.9 Å². The first kappa shape index (κ1) is 28.8. The summed E-state index contributed by atoms with van der Waals surface area (Å²) in [4.78, 5) is 31.0. The number of rotatable bonds is 5. The van der Waals surface area contributed by atoms with Crippen LogP contribution in [0, 0.1) is 24.1 Å². The quantitative estimate of drug-likeness (QED) is 0.361. The number of amides is 2. The predicted molar refractivity (Wildman–Crippen MR) is 163 cm³/mol. The number of β-amino-alcohol motifs (C(OH)–C–C–N with tert-alkyl or cyclic N) is 1. The molecule has 0 radical (unpaired) electrons. The lowest BCUT2D eigenvalue weighted by Crippen LogP contribution is -2.58. The zero-order valence-electron chi connectivity index (χ0n) is 24.5. The fourth-order valence-electron chi connectivity index (χ4n) is 5.71. The topological polar surface area (TPSA) is 117 Å². The Morgan fingerprint density at radius 2 is 1.84 bits per heavy atom. The third-order valence-corrected chi connectivity index (χ3v) is 9.07. The van der Waals surface area contributed by atoms with Gasteiger partial charge >= 0.3 is 6.03 Å². The number of nitrogens with zero attached hydrogens (tertiary/aromatic N) is 9. The molecule has 2 saturated heterocycles. The van der Waals surface area contributed by atoms with Crippen LogP contribution < -0.4 is 9.80 Å². The number of halogens is 1. The normalized spacial score (nSPS) is 16.1. The van der Waals surface area contributed by atoms with Crippen LogP contribution >= 0.6 is 11.3 Å². The summed E-state index contributed by atoms with van der Waals surface area (Å²) < 4.78 is 15.4. The maximum absolute atomic E-state index is 13.5. The summed E-state index contributed by atoms with van der Waals surface area (Å²) in [5.74, 6) is 0.515. The van der Waals surface area contributed by atoms with Gasteiger partial charge in [-0.2, -0.15) is 10.4 Å². The molecular formula is C30H34FN9O2S. The zero-order valence-corrected chi connectivity index (χ0v) is 25.3. The molecule has 13 heteroatoms. The van der Waals surface area contributed by atoms with Crippen molar-refractivity contribution in [2.75, 3.05) is 56.1 Å². The highest BCUT2D eigenvalue weighted by Crippen LogP contribution is 2.38. The largest absolute Gasteiger partial charge is 0.389 e. The minimum atomic E-state index is -0.403. The number of aliphatic hydroxyl groups is 1. The second-order valence-electron chi connectivity index (χ2n) is 11.0. The van der Waals surface area contributed by atoms with Gasteiger partial charge in [0.1, 0.15) is 34.0 Å². The van der Waals surface area contributed by atoms with Gasteiger partial charge in [-0.15, -0.1) is 0 Å². The molecule has 0 unspecified atom stereocenters. The van der Waals surface area contributed by atoms with Crippen molar-refractivity contribution >= 4 is 39.7 Å². The molecule has 2 aliphatic rings. The van der Waals surface area contributed by atoms with Gasteiger partial charge in [-0.05, 0) is 50.5 Å². The molecule has 0 saturated carbocycles. The van der Waals surface area contributed by atoms with Crippen molar-refractivity contribution in [2.45, 2.75) is 39.2 Å². The van der Waals surface area contributed by atoms with E-state index < -0.39 is 6.10 Å². The summed E-state index contributed by atoms with van der Waals surface area (Å²) in [6, 6.07) is 10.3. The van der Waals surface area contributed by atoms with Crippen LogP contribution in [0.2, 0.25) is 0 Å². The van der Waals surface area contributed by atoms with Crippen LogP contribution in [0.1, 0.15) is 36.0 Å². The highest BCUT2D eigenvalue weighted by Gasteiger charge is 2.32. The molecule has 3 aromatic heterocycles. The van der Waals surface area contributed by atoms with E-state index in [0.29, 0.717) is 59.5 Å². The number of thiazole rings is 1. The molecule has 0 bridgehead atoms. The van der Waals surface area contributed by atoms with Crippen LogP contribution in [0.4, 0.5) is 25.8 Å². The third kappa shape index (κ3) is 5.48. The van der Waals surface area contributed by atoms with Crippen molar-refractivity contribution in [3.63, 3.8) is 0 Å². The molecule has 1 N–H and O–H groups in total. The Hall–Kier alpha value is -4.28. The number of urea groups is 1. The number of nitriles is 1. The lowest BCUT2D eigenvalue weighted by atomic mass is 10.1. The molecule has 2 aliphatic heterocycles. The lowest BCUT2D eigenvalue weighted by molar-refractivity contribution is 0.0146. The molecule has 0 aliphatic carbocycles. The van der Waals surface area contributed by atoms with Crippen molar-refractivity contribution in [3.8, 4) is 17.3 Å². The number of aliphatic hydroxyl groups excluding tert-OH is 1. The van der Waals surface area contributed by atoms with Gasteiger partial charge < -0.3 is 24.7 Å². The molecule has 5 heterocycles. The Kier molecular flexibility index (Phi) is 7.89. The molecule has 224 valence electrons. The number of aromatic nitrogens is 4. The van der Waals surface area contributed by atoms with E-state index in [9.17, 15) is 19.6 Å². The van der Waals surface area contributed by atoms with Gasteiger partial charge in [-0.3, -0.25) is 0 Å². The van der Waals surface area contributed by atoms with E-state index in [2.05, 4.69) is 17.0 Å². The van der Waals surface area contributed by atoms with Gasteiger partial charge in [-0.1, -0.05) is 18.3 Å². The predicted octanol–water partition coefficient (Wildman–Crippen LogP) is 4.20. The second-order valence-corrected chi connectivity index (χ2v) is 12.0. The molecule has 11 nitrogen and oxygen atoms in total. The van der Waals surface area contributed by atoms with Crippen LogP contribution in [0.15, 0.2) is 30.3 Å². The number of benzene rings is 1. The van der Waals surface area contributed by atoms with Crippen LogP contribution in [0.3, 0.4) is 0 Å². The van der Waals surface area contributed by atoms with Crippen molar-refractivity contribution in [3.05, 3.63) is 52.4 Å². The molecule has 1 aromatic carbocycles. The first-order chi connectivity index (χ1) is 20.8. The average Bonchev–Trinajstić information content (AvgIpc) is 3.57. The molecule has 2 fully saturated rings. The monoisotopic (exact) mass is 603 g/mol. The van der Waals surface area contributed by atoms with Crippen LogP contribution in [0.5, 0.6) is 0 Å². The van der Waals surface area contributed by atoms with Gasteiger partial charge in [0.2, 0.25) is 0 Å². The number of carbonyl (C=O) groups is 1. The van der Waals surface area contributed by atoms with E-state index in [1.54, 1.807) is 17.0 Å². The molecule has 0 spiro atoms. The van der Waals surface area contributed by atoms with Crippen molar-refractivity contribution < 1.29 is 14.3 Å². The Morgan fingerprint density at radius 1 is 1.14 bits per heavy atom. The maximum Gasteiger partial charge on any atom is 0.320 e. The number of hydrogen-bond donors (Lipinski definition) is 1. The highest BCUT2D eigenvalue weighted by molar-refractivity contribution is 7.16. The molecular weight excluding hydrogens is 569 g/mol. The number of carbonyl (C=O) groups excluding carboxylic acids is 1. The zero-order chi connectivity index (χ0) is 30.2. The summed E-state index contributed by atoms with van der Waals surface area (Å²) in [5.41, 5.74) is 4.56. The summed E-state index contributed by atoms with van der Waals surface area (Å²) in [6.45, 7) is 7.73. The fraction of sp³-hybridized carbons (Fsp3) is 0.433. The summed E-state index contributed by atoms with van der Waals surface area (Å²) in [5, 5.41) is 24.9. The van der Waals surface area contributed by atoms with E-state index in [-0.39, 0.29) is 11.8 Å². The van der Waals surface area contributed by atoms with Crippen LogP contribution in [-0.2, 0) is 6.42 Å². The molecule has 2 amide bonds. The molecule has 6 rings (SSSR count). The Labute approximate surface area is 253 Å². The average molecular weight is 604 g/mol. The van der Waals surface area contributed by atoms with Crippen molar-refractivity contribution in [1.82, 2.24) is 29.4 Å². The molecule has 43 heavy (non-hydrogen) atoms. The second kappa shape index (κ2) is 11.8. The summed E-state index contributed by atoms with van der Waals surface area (Å²) in [6.07, 6.45) is 1.89. The lowest BCUT2D eigenvalue weighted by Gasteiger charge is -2.40. The van der Waals surface area contributed by atoms with E-state index in [0.717, 1.165) is 48.8 Å². The Bertz CT molecular complexity index is 1680. The van der Waals surface area contributed by atoms with Gasteiger partial charge in [-0.25, -0.2) is 23.7 Å². The van der Waals surface area contributed by atoms with E-state index in [1.165, 1.54) is 23.5 Å². The first-order valence-electron chi connectivity index (χ1n) is 14.5. The fourth-order valence-corrected chi connectivity index (χ4v) is 6.56. The van der Waals surface area contributed by atoms with Crippen molar-refractivity contribution in [1.29, 1.82) is 5.26 Å². The smallest absolute Gasteiger partial charge is 0.320 e. The highest BCUT2D eigenvalue weighted by atomic mass is 32.1. The summed E-state index contributed by atoms with van der Waals surface area (Å²) in [7, 11) is 1.91. The maximum atomic E-state index is 13.5. The van der Waals surface area contributed by atoms with Crippen LogP contribution in [-0.4, -0.2) is 92.9 Å². The van der Waals surface area contributed by atoms with Gasteiger partial charge in [0.15, 0.2) is 10.8 Å². The number of hydrogen-bond acceptors (Lipinski definition) is 9. The standard InChI is InChI=1S/C30H34FN9O2S/c1-4-23-27(36(3)29-34-26(24(16-32)43-29)20-7-9-21(31)10-8-20)28-33-25(15-19(2)40(28)35-23)37-11-5-13-38(14-6-12-37)30(42)39-17-22(41)18-39/h7-10,15,22,41H,4-6,11-14,17-18H2,1-3H3. The number of anilines is 3. The first-order valence-corrected chi connectivity index (χ1v) is 15.4. The molecule has 0 atom stereocenters. The number of aryl methyl sites for hydroxylation is 2. The summed E-state index contributed by atoms with van der Waals surface area (Å²) >= 11 is 1.28. The van der Waals surface area contributed by atoms with Crippen molar-refractivity contribution in [2.24, 2.45) is 0 Å². The SMILES string of the molecule is CCc1nn2c(C)cc(N3CCCN(C(=O)N4CC(O)C4)CCC3)nc2c1N(C)c1nc(-c2ccc(F)cc2)c(C#N)s1. The van der Waals surface area contributed by atoms with Gasteiger partial charge in [0.25, 0.3) is 0 Å². The van der Waals surface area contributed by atoms with E-state index >= 15 is 0 Å². The third-order valence-electron chi connectivity index (χ3n) is 8.03. The Morgan fingerprint density at radius 3 is 2.47 bits per heavy atom. The van der Waals surface area contributed by atoms with E-state index in [4.69, 9.17) is 15.1 Å². The molecule has 4 aromatic rings. The number of fused-ring (bicyclic) bond motifs is 1. The van der Waals surface area contributed by atoms with E-state index in [1.807, 2.05) is 35.2 Å². The minimum absolute atomic E-state index is 0.0116. The number of likely N-dealkylation sites (tertiary alicyclic amines) is 1. The van der Waals surface area contributed by atoms with Crippen LogP contribution in [0.25, 0.3) is 16.9 Å². The minimum Gasteiger partial charge on any atom is -0.389 e.